The Labute approximate surface area is 293 Å². The molecule has 2 N–H and O–H groups in total. The number of rotatable bonds is 6. The van der Waals surface area contributed by atoms with Crippen molar-refractivity contribution in [1.29, 1.82) is 0 Å². The average molecular weight is 691 g/mol. The third kappa shape index (κ3) is 7.37. The lowest BCUT2D eigenvalue weighted by atomic mass is 9.64. The number of ether oxygens (including phenoxy) is 1. The molecule has 3 aliphatic carbocycles. The number of benzene rings is 3. The maximum atomic E-state index is 14.2. The van der Waals surface area contributed by atoms with Crippen LogP contribution in [0.15, 0.2) is 78.4 Å². The van der Waals surface area contributed by atoms with Gasteiger partial charge in [-0.05, 0) is 99.2 Å². The minimum atomic E-state index is -4.58. The van der Waals surface area contributed by atoms with E-state index in [2.05, 4.69) is 35.8 Å². The number of nitrogens with zero attached hydrogens (tertiary/aromatic N) is 2. The molecule has 1 heterocycles. The second-order valence-electron chi connectivity index (χ2n) is 14.8. The van der Waals surface area contributed by atoms with Gasteiger partial charge in [-0.2, -0.15) is 13.2 Å². The summed E-state index contributed by atoms with van der Waals surface area (Å²) in [5.74, 6) is 0.156. The van der Waals surface area contributed by atoms with Gasteiger partial charge in [0.15, 0.2) is 5.78 Å². The number of carbonyl (C=O) groups excluding carboxylic acids is 1. The molecule has 1 aliphatic heterocycles. The summed E-state index contributed by atoms with van der Waals surface area (Å²) in [4.78, 5) is 18.9. The van der Waals surface area contributed by atoms with Crippen molar-refractivity contribution in [3.63, 3.8) is 0 Å². The molecule has 1 saturated carbocycles. The van der Waals surface area contributed by atoms with Crippen LogP contribution in [0.1, 0.15) is 90.9 Å². The topological polar surface area (TPSA) is 73.2 Å². The number of ketones is 1. The van der Waals surface area contributed by atoms with Gasteiger partial charge in [0.05, 0.1) is 30.1 Å². The number of halogens is 3. The molecule has 0 unspecified atom stereocenters. The molecule has 2 bridgehead atoms. The summed E-state index contributed by atoms with van der Waals surface area (Å²) < 4.78 is 46.7. The number of para-hydroxylation sites is 2. The van der Waals surface area contributed by atoms with Crippen molar-refractivity contribution in [2.45, 2.75) is 82.6 Å². The predicted molar refractivity (Wildman–Crippen MR) is 190 cm³/mol. The van der Waals surface area contributed by atoms with Gasteiger partial charge >= 0.3 is 6.18 Å². The molecular weight excluding hydrogens is 641 g/mol. The second kappa shape index (κ2) is 14.5. The van der Waals surface area contributed by atoms with Crippen LogP contribution in [0.3, 0.4) is 0 Å². The third-order valence-corrected chi connectivity index (χ3v) is 11.7. The molecule has 4 aliphatic rings. The first-order valence-corrected chi connectivity index (χ1v) is 17.8. The van der Waals surface area contributed by atoms with Gasteiger partial charge in [-0.3, -0.25) is 9.69 Å². The van der Waals surface area contributed by atoms with E-state index in [1.54, 1.807) is 13.2 Å². The highest BCUT2D eigenvalue weighted by Crippen LogP contribution is 2.59. The molecule has 9 heteroatoms. The summed E-state index contributed by atoms with van der Waals surface area (Å²) in [6, 6.07) is 18.2. The maximum absolute atomic E-state index is 14.2. The Bertz CT molecular complexity index is 1720. The van der Waals surface area contributed by atoms with E-state index < -0.39 is 34.6 Å². The van der Waals surface area contributed by atoms with Crippen molar-refractivity contribution in [3.05, 3.63) is 106 Å². The van der Waals surface area contributed by atoms with Crippen LogP contribution in [0.25, 0.3) is 0 Å². The summed E-state index contributed by atoms with van der Waals surface area (Å²) in [5, 5.41) is 23.6. The van der Waals surface area contributed by atoms with Crippen molar-refractivity contribution in [3.8, 4) is 5.75 Å². The molecule has 50 heavy (non-hydrogen) atoms. The van der Waals surface area contributed by atoms with Gasteiger partial charge in [0.25, 0.3) is 0 Å². The smallest absolute Gasteiger partial charge is 0.416 e. The van der Waals surface area contributed by atoms with Crippen molar-refractivity contribution in [2.75, 3.05) is 44.7 Å². The molecule has 2 fully saturated rings. The molecule has 0 aromatic heterocycles. The fourth-order valence-corrected chi connectivity index (χ4v) is 8.60. The van der Waals surface area contributed by atoms with E-state index in [1.807, 2.05) is 30.3 Å². The van der Waals surface area contributed by atoms with E-state index in [0.717, 1.165) is 73.7 Å². The minimum absolute atomic E-state index is 0.0265. The van der Waals surface area contributed by atoms with Gasteiger partial charge in [-0.15, -0.1) is 0 Å². The number of fused-ring (bicyclic) bond motifs is 8. The van der Waals surface area contributed by atoms with E-state index in [4.69, 9.17) is 4.74 Å². The molecule has 0 radical (unpaired) electrons. The van der Waals surface area contributed by atoms with Gasteiger partial charge in [0.2, 0.25) is 0 Å². The van der Waals surface area contributed by atoms with E-state index in [-0.39, 0.29) is 11.5 Å². The van der Waals surface area contributed by atoms with Crippen LogP contribution < -0.4 is 9.64 Å². The summed E-state index contributed by atoms with van der Waals surface area (Å²) >= 11 is 0. The van der Waals surface area contributed by atoms with Crippen molar-refractivity contribution < 1.29 is 32.9 Å². The number of hydrogen-bond acceptors (Lipinski definition) is 6. The molecule has 6 nitrogen and oxygen atoms in total. The molecule has 0 amide bonds. The number of alkyl halides is 3. The quantitative estimate of drug-likeness (QED) is 0.203. The highest BCUT2D eigenvalue weighted by Gasteiger charge is 2.57. The summed E-state index contributed by atoms with van der Waals surface area (Å²) in [7, 11) is 1.68. The molecule has 3 aromatic rings. The van der Waals surface area contributed by atoms with E-state index >= 15 is 0 Å². The van der Waals surface area contributed by atoms with Crippen molar-refractivity contribution in [1.82, 2.24) is 4.90 Å². The molecule has 0 spiro atoms. The van der Waals surface area contributed by atoms with Gasteiger partial charge < -0.3 is 19.8 Å². The first-order chi connectivity index (χ1) is 23.8. The Kier molecular flexibility index (Phi) is 10.5. The fourth-order valence-electron chi connectivity index (χ4n) is 8.60. The molecule has 3 aromatic carbocycles. The average Bonchev–Trinajstić information content (AvgIpc) is 3.35. The van der Waals surface area contributed by atoms with Crippen molar-refractivity contribution in [2.24, 2.45) is 5.41 Å². The summed E-state index contributed by atoms with van der Waals surface area (Å²) in [6.45, 7) is 7.85. The zero-order chi connectivity index (χ0) is 35.7. The van der Waals surface area contributed by atoms with Crippen molar-refractivity contribution >= 4 is 11.5 Å². The standard InChI is InChI=1S/C41H49F3N2O4/c1-28-8-7-18-39(2)35(17-19-40(39,49)27-45-20-22-46(23-21-45)36-11-4-5-12-37(36)50-3)33-16-14-29(24-32(47)15-13-28)25-34(33)38(48)30-9-6-10-31(26-30)41(42,43)44/h4-6,8-12,14,16,25-26,32,35,47,49H,7,13,15,17-24,27H2,1-3H3/t32-,35-,39-,40+/m0/s1. The number of piperazine rings is 1. The number of β-amino-alcohol motifs (C(OH)–C–C–N with tert-alkyl or cyclic N) is 1. The lowest BCUT2D eigenvalue weighted by Crippen LogP contribution is -2.56. The van der Waals surface area contributed by atoms with Crippen LogP contribution in [0.5, 0.6) is 5.75 Å². The second-order valence-corrected chi connectivity index (χ2v) is 14.8. The van der Waals surface area contributed by atoms with E-state index in [1.165, 1.54) is 17.7 Å². The first-order valence-electron chi connectivity index (χ1n) is 17.8. The molecule has 7 rings (SSSR count). The SMILES string of the molecule is COc1ccccc1N1CCN(C[C@]2(O)CC[C@H]3c4ccc(cc4C(=O)c4cccc(C(F)(F)F)c4)C[C@@H](O)CCC(C)=CCC[C@@]32C)CC1. The zero-order valence-corrected chi connectivity index (χ0v) is 29.3. The third-order valence-electron chi connectivity index (χ3n) is 11.7. The van der Waals surface area contributed by atoms with Crippen LogP contribution in [-0.4, -0.2) is 72.4 Å². The zero-order valence-electron chi connectivity index (χ0n) is 29.3. The number of aliphatic hydroxyl groups is 2. The van der Waals surface area contributed by atoms with Gasteiger partial charge in [-0.1, -0.05) is 55.0 Å². The number of methoxy groups -OCH3 is 1. The van der Waals surface area contributed by atoms with Crippen LogP contribution in [0.4, 0.5) is 18.9 Å². The van der Waals surface area contributed by atoms with Crippen LogP contribution in [0, 0.1) is 5.41 Å². The highest BCUT2D eigenvalue weighted by molar-refractivity contribution is 6.10. The van der Waals surface area contributed by atoms with Gasteiger partial charge in [0.1, 0.15) is 5.75 Å². The van der Waals surface area contributed by atoms with Gasteiger partial charge in [-0.25, -0.2) is 0 Å². The Hall–Kier alpha value is -3.66. The molecular formula is C41H49F3N2O4. The Morgan fingerprint density at radius 2 is 1.74 bits per heavy atom. The molecule has 4 atom stereocenters. The predicted octanol–water partition coefficient (Wildman–Crippen LogP) is 7.81. The van der Waals surface area contributed by atoms with E-state index in [0.29, 0.717) is 44.2 Å². The Morgan fingerprint density at radius 1 is 0.980 bits per heavy atom. The number of carbonyl (C=O) groups is 1. The minimum Gasteiger partial charge on any atom is -0.495 e. The number of anilines is 1. The first kappa shape index (κ1) is 36.1. The summed E-state index contributed by atoms with van der Waals surface area (Å²) in [5.41, 5.74) is 1.54. The number of allylic oxidation sites excluding steroid dienone is 2. The monoisotopic (exact) mass is 690 g/mol. The van der Waals surface area contributed by atoms with Crippen LogP contribution in [-0.2, 0) is 12.6 Å². The molecule has 1 saturated heterocycles. The largest absolute Gasteiger partial charge is 0.495 e. The highest BCUT2D eigenvalue weighted by atomic mass is 19.4. The van der Waals surface area contributed by atoms with Crippen LogP contribution >= 0.6 is 0 Å². The lowest BCUT2D eigenvalue weighted by Gasteiger charge is -2.47. The van der Waals surface area contributed by atoms with Crippen LogP contribution in [0.2, 0.25) is 0 Å². The maximum Gasteiger partial charge on any atom is 0.416 e. The fraction of sp³-hybridized carbons (Fsp3) is 0.488. The number of aliphatic hydroxyl groups excluding tert-OH is 1. The van der Waals surface area contributed by atoms with E-state index in [9.17, 15) is 28.2 Å². The normalized spacial score (nSPS) is 26.6. The van der Waals surface area contributed by atoms with Gasteiger partial charge in [0, 0.05) is 49.3 Å². The number of hydrogen-bond donors (Lipinski definition) is 2. The Balaban J connectivity index is 1.34. The Morgan fingerprint density at radius 3 is 2.48 bits per heavy atom. The molecule has 268 valence electrons. The summed E-state index contributed by atoms with van der Waals surface area (Å²) in [6.07, 6.45) is 1.23. The lowest BCUT2D eigenvalue weighted by molar-refractivity contribution is -0.137.